The number of primary amides is 1. The van der Waals surface area contributed by atoms with Crippen molar-refractivity contribution in [2.75, 3.05) is 10.8 Å². The van der Waals surface area contributed by atoms with Crippen LogP contribution in [0.2, 0.25) is 0 Å². The van der Waals surface area contributed by atoms with Gasteiger partial charge in [0.05, 0.1) is 10.6 Å². The highest BCUT2D eigenvalue weighted by Gasteiger charge is 2.28. The molecule has 0 aliphatic rings. The fourth-order valence-electron chi connectivity index (χ4n) is 2.73. The maximum absolute atomic E-state index is 13.1. The van der Waals surface area contributed by atoms with Crippen LogP contribution < -0.4 is 10.0 Å². The van der Waals surface area contributed by atoms with E-state index in [2.05, 4.69) is 15.9 Å². The van der Waals surface area contributed by atoms with Crippen LogP contribution in [0.5, 0.6) is 0 Å². The molecule has 24 heavy (non-hydrogen) atoms. The Bertz CT molecular complexity index is 854. The van der Waals surface area contributed by atoms with E-state index in [1.54, 1.807) is 12.1 Å². The second-order valence-corrected chi connectivity index (χ2v) is 8.46. The van der Waals surface area contributed by atoms with Crippen LogP contribution in [0.15, 0.2) is 45.8 Å². The van der Waals surface area contributed by atoms with E-state index in [9.17, 15) is 13.2 Å². The Kier molecular flexibility index (Phi) is 5.35. The summed E-state index contributed by atoms with van der Waals surface area (Å²) in [5, 5.41) is 0. The summed E-state index contributed by atoms with van der Waals surface area (Å²) in [5.41, 5.74) is 8.36. The summed E-state index contributed by atoms with van der Waals surface area (Å²) in [6.45, 7) is 5.16. The molecule has 0 aliphatic heterocycles. The first-order valence-corrected chi connectivity index (χ1v) is 9.50. The van der Waals surface area contributed by atoms with Gasteiger partial charge in [0.2, 0.25) is 5.91 Å². The molecule has 0 spiro atoms. The number of rotatable bonds is 5. The van der Waals surface area contributed by atoms with E-state index in [0.717, 1.165) is 25.5 Å². The van der Waals surface area contributed by atoms with E-state index in [-0.39, 0.29) is 4.90 Å². The highest BCUT2D eigenvalue weighted by Crippen LogP contribution is 2.31. The molecule has 0 aliphatic carbocycles. The third-order valence-corrected chi connectivity index (χ3v) is 5.87. The number of nitrogens with two attached hydrogens (primary N) is 1. The van der Waals surface area contributed by atoms with Crippen molar-refractivity contribution >= 4 is 37.5 Å². The summed E-state index contributed by atoms with van der Waals surface area (Å²) in [7, 11) is -3.91. The van der Waals surface area contributed by atoms with Crippen LogP contribution in [0, 0.1) is 20.8 Å². The lowest BCUT2D eigenvalue weighted by Crippen LogP contribution is -2.39. The number of carbonyl (C=O) groups is 1. The van der Waals surface area contributed by atoms with Gasteiger partial charge < -0.3 is 5.73 Å². The molecule has 0 aromatic heterocycles. The van der Waals surface area contributed by atoms with Crippen LogP contribution in [0.3, 0.4) is 0 Å². The quantitative estimate of drug-likeness (QED) is 0.821. The minimum Gasteiger partial charge on any atom is -0.368 e. The molecule has 0 fully saturated rings. The lowest BCUT2D eigenvalue weighted by Gasteiger charge is -2.27. The van der Waals surface area contributed by atoms with Gasteiger partial charge in [0.1, 0.15) is 6.54 Å². The zero-order valence-corrected chi connectivity index (χ0v) is 16.1. The third-order valence-electron chi connectivity index (χ3n) is 3.59. The molecule has 1 amide bonds. The van der Waals surface area contributed by atoms with E-state index < -0.39 is 22.5 Å². The molecule has 2 aromatic carbocycles. The van der Waals surface area contributed by atoms with Crippen LogP contribution in [-0.4, -0.2) is 20.9 Å². The maximum atomic E-state index is 13.1. The average Bonchev–Trinajstić information content (AvgIpc) is 2.45. The number of hydrogen-bond donors (Lipinski definition) is 1. The molecule has 0 saturated heterocycles. The molecule has 2 aromatic rings. The summed E-state index contributed by atoms with van der Waals surface area (Å²) in [6, 6.07) is 10.0. The Hall–Kier alpha value is -1.86. The zero-order valence-electron chi connectivity index (χ0n) is 13.7. The molecule has 0 bridgehead atoms. The Morgan fingerprint density at radius 3 is 2.04 bits per heavy atom. The van der Waals surface area contributed by atoms with Gasteiger partial charge in [-0.1, -0.05) is 33.6 Å². The smallest absolute Gasteiger partial charge is 0.264 e. The predicted octanol–water partition coefficient (Wildman–Crippen LogP) is 3.05. The molecular formula is C17H19BrN2O3S. The molecule has 0 heterocycles. The van der Waals surface area contributed by atoms with Crippen LogP contribution in [0.25, 0.3) is 0 Å². The van der Waals surface area contributed by atoms with Crippen LogP contribution >= 0.6 is 15.9 Å². The van der Waals surface area contributed by atoms with Crippen LogP contribution in [0.4, 0.5) is 5.69 Å². The van der Waals surface area contributed by atoms with Crippen molar-refractivity contribution in [3.63, 3.8) is 0 Å². The van der Waals surface area contributed by atoms with Crippen molar-refractivity contribution in [3.05, 3.63) is 57.6 Å². The third kappa shape index (κ3) is 3.79. The van der Waals surface area contributed by atoms with Gasteiger partial charge in [-0.3, -0.25) is 9.10 Å². The molecule has 128 valence electrons. The Morgan fingerprint density at radius 2 is 1.58 bits per heavy atom. The molecule has 2 rings (SSSR count). The fraction of sp³-hybridized carbons (Fsp3) is 0.235. The van der Waals surface area contributed by atoms with E-state index in [1.165, 1.54) is 12.1 Å². The molecule has 2 N–H and O–H groups in total. The van der Waals surface area contributed by atoms with Crippen molar-refractivity contribution in [2.24, 2.45) is 5.73 Å². The van der Waals surface area contributed by atoms with E-state index in [0.29, 0.717) is 5.69 Å². The highest BCUT2D eigenvalue weighted by molar-refractivity contribution is 9.10. The van der Waals surface area contributed by atoms with Gasteiger partial charge in [0, 0.05) is 4.47 Å². The number of aryl methyl sites for hydroxylation is 3. The first-order valence-electron chi connectivity index (χ1n) is 7.27. The largest absolute Gasteiger partial charge is 0.368 e. The number of carbonyl (C=O) groups excluding carboxylic acids is 1. The Balaban J connectivity index is 2.65. The van der Waals surface area contributed by atoms with Crippen LogP contribution in [0.1, 0.15) is 16.7 Å². The Morgan fingerprint density at radius 1 is 1.08 bits per heavy atom. The fourth-order valence-corrected chi connectivity index (χ4v) is 4.55. The molecule has 5 nitrogen and oxygen atoms in total. The van der Waals surface area contributed by atoms with Crippen molar-refractivity contribution in [2.45, 2.75) is 25.7 Å². The van der Waals surface area contributed by atoms with E-state index >= 15 is 0 Å². The average molecular weight is 411 g/mol. The van der Waals surface area contributed by atoms with Crippen molar-refractivity contribution in [1.29, 1.82) is 0 Å². The van der Waals surface area contributed by atoms with Gasteiger partial charge >= 0.3 is 0 Å². The van der Waals surface area contributed by atoms with Gasteiger partial charge in [-0.25, -0.2) is 8.42 Å². The molecule has 0 saturated carbocycles. The summed E-state index contributed by atoms with van der Waals surface area (Å²) >= 11 is 3.28. The molecule has 0 radical (unpaired) electrons. The van der Waals surface area contributed by atoms with Gasteiger partial charge in [-0.05, 0) is 56.2 Å². The van der Waals surface area contributed by atoms with Crippen molar-refractivity contribution < 1.29 is 13.2 Å². The van der Waals surface area contributed by atoms with Crippen molar-refractivity contribution in [1.82, 2.24) is 0 Å². The second-order valence-electron chi connectivity index (χ2n) is 5.68. The number of nitrogens with zero attached hydrogens (tertiary/aromatic N) is 1. The predicted molar refractivity (Wildman–Crippen MR) is 98.5 cm³/mol. The molecular weight excluding hydrogens is 392 g/mol. The summed E-state index contributed by atoms with van der Waals surface area (Å²) in [6.07, 6.45) is 0. The number of hydrogen-bond acceptors (Lipinski definition) is 3. The van der Waals surface area contributed by atoms with Gasteiger partial charge in [0.25, 0.3) is 10.0 Å². The monoisotopic (exact) mass is 410 g/mol. The Labute approximate surface area is 150 Å². The first kappa shape index (κ1) is 18.5. The van der Waals surface area contributed by atoms with Gasteiger partial charge in [-0.2, -0.15) is 0 Å². The number of amides is 1. The number of anilines is 1. The van der Waals surface area contributed by atoms with Gasteiger partial charge in [0.15, 0.2) is 0 Å². The van der Waals surface area contributed by atoms with Gasteiger partial charge in [-0.15, -0.1) is 0 Å². The topological polar surface area (TPSA) is 80.5 Å². The number of benzene rings is 2. The molecule has 7 heteroatoms. The van der Waals surface area contributed by atoms with E-state index in [4.69, 9.17) is 5.73 Å². The summed E-state index contributed by atoms with van der Waals surface area (Å²) < 4.78 is 28.0. The van der Waals surface area contributed by atoms with E-state index in [1.807, 2.05) is 32.9 Å². The highest BCUT2D eigenvalue weighted by atomic mass is 79.9. The maximum Gasteiger partial charge on any atom is 0.264 e. The zero-order chi connectivity index (χ0) is 18.1. The van der Waals surface area contributed by atoms with Crippen molar-refractivity contribution in [3.8, 4) is 0 Å². The standard InChI is InChI=1S/C17H19BrN2O3S/c1-11-8-12(2)17(13(3)9-11)20(10-16(19)21)24(22,23)15-6-4-14(18)5-7-15/h4-9H,10H2,1-3H3,(H2,19,21). The number of halogens is 1. The number of sulfonamides is 1. The summed E-state index contributed by atoms with van der Waals surface area (Å²) in [4.78, 5) is 11.6. The van der Waals surface area contributed by atoms with Crippen LogP contribution in [-0.2, 0) is 14.8 Å². The SMILES string of the molecule is Cc1cc(C)c(N(CC(N)=O)S(=O)(=O)c2ccc(Br)cc2)c(C)c1. The minimum absolute atomic E-state index is 0.103. The first-order chi connectivity index (χ1) is 11.1. The second kappa shape index (κ2) is 6.94. The lowest BCUT2D eigenvalue weighted by atomic mass is 10.1. The minimum atomic E-state index is -3.91. The lowest BCUT2D eigenvalue weighted by molar-refractivity contribution is -0.116. The molecule has 0 atom stereocenters. The molecule has 0 unspecified atom stereocenters. The summed E-state index contributed by atoms with van der Waals surface area (Å²) in [5.74, 6) is -0.713. The normalized spacial score (nSPS) is 11.3.